The second-order valence-electron chi connectivity index (χ2n) is 9.17. The van der Waals surface area contributed by atoms with Crippen molar-refractivity contribution in [3.63, 3.8) is 0 Å². The molecule has 0 bridgehead atoms. The number of rotatable bonds is 0. The van der Waals surface area contributed by atoms with Crippen LogP contribution in [0.2, 0.25) is 23.2 Å². The summed E-state index contributed by atoms with van der Waals surface area (Å²) in [5.74, 6) is 4.52. The first-order valence-electron chi connectivity index (χ1n) is 9.71. The highest BCUT2D eigenvalue weighted by Gasteiger charge is 2.61. The predicted molar refractivity (Wildman–Crippen MR) is 89.7 cm³/mol. The molecule has 0 radical (unpaired) electrons. The maximum atomic E-state index is 2.56. The van der Waals surface area contributed by atoms with Crippen LogP contribution in [0.25, 0.3) is 0 Å². The third-order valence-corrected chi connectivity index (χ3v) is 15.0. The van der Waals surface area contributed by atoms with Crippen LogP contribution in [-0.2, 0) is 0 Å². The van der Waals surface area contributed by atoms with Gasteiger partial charge in [0.25, 0.3) is 0 Å². The second-order valence-corrected chi connectivity index (χ2v) is 14.1. The van der Waals surface area contributed by atoms with Gasteiger partial charge in [-0.2, -0.15) is 0 Å². The molecule has 2 heterocycles. The molecule has 0 nitrogen and oxygen atoms in total. The summed E-state index contributed by atoms with van der Waals surface area (Å²) in [6.45, 7) is 5.12. The van der Waals surface area contributed by atoms with Gasteiger partial charge in [0, 0.05) is 0 Å². The summed E-state index contributed by atoms with van der Waals surface area (Å²) in [5.41, 5.74) is 2.54. The van der Waals surface area contributed by atoms with Crippen LogP contribution in [0.5, 0.6) is 0 Å². The van der Waals surface area contributed by atoms with Crippen LogP contribution in [0, 0.1) is 23.7 Å². The lowest BCUT2D eigenvalue weighted by Crippen LogP contribution is -2.45. The maximum Gasteiger partial charge on any atom is 0.0603 e. The van der Waals surface area contributed by atoms with E-state index >= 15 is 0 Å². The first-order valence-corrected chi connectivity index (χ1v) is 12.3. The van der Waals surface area contributed by atoms with Gasteiger partial charge in [-0.3, -0.25) is 0 Å². The summed E-state index contributed by atoms with van der Waals surface area (Å²) >= 11 is 0. The molecule has 4 fully saturated rings. The molecule has 6 atom stereocenters. The highest BCUT2D eigenvalue weighted by atomic mass is 28.3. The van der Waals surface area contributed by atoms with E-state index in [0.29, 0.717) is 0 Å². The molecule has 1 heteroatoms. The molecule has 1 spiro atoms. The van der Waals surface area contributed by atoms with E-state index < -0.39 is 8.07 Å². The Bertz CT molecular complexity index is 329. The minimum atomic E-state index is -0.928. The molecular weight excluding hydrogens is 256 g/mol. The quantitative estimate of drug-likeness (QED) is 0.463. The molecule has 20 heavy (non-hydrogen) atoms. The normalized spacial score (nSPS) is 50.7. The van der Waals surface area contributed by atoms with E-state index in [4.69, 9.17) is 0 Å². The molecular formula is C19H34Si. The Morgan fingerprint density at radius 2 is 1.15 bits per heavy atom. The Morgan fingerprint density at radius 3 is 1.65 bits per heavy atom. The molecule has 4 rings (SSSR count). The topological polar surface area (TPSA) is 0 Å². The smallest absolute Gasteiger partial charge is 0.0603 e. The van der Waals surface area contributed by atoms with Crippen LogP contribution in [0.15, 0.2) is 0 Å². The average molecular weight is 291 g/mol. The molecule has 2 aliphatic heterocycles. The Kier molecular flexibility index (Phi) is 3.56. The summed E-state index contributed by atoms with van der Waals surface area (Å²) in [6, 6.07) is 3.49. The zero-order valence-corrected chi connectivity index (χ0v) is 14.7. The van der Waals surface area contributed by atoms with Crippen LogP contribution >= 0.6 is 0 Å². The predicted octanol–water partition coefficient (Wildman–Crippen LogP) is 6.25. The van der Waals surface area contributed by atoms with Crippen molar-refractivity contribution in [3.05, 3.63) is 0 Å². The van der Waals surface area contributed by atoms with Gasteiger partial charge < -0.3 is 0 Å². The molecule has 2 saturated carbocycles. The van der Waals surface area contributed by atoms with Crippen molar-refractivity contribution in [1.29, 1.82) is 0 Å². The molecule has 0 N–H and O–H groups in total. The van der Waals surface area contributed by atoms with E-state index in [9.17, 15) is 0 Å². The highest BCUT2D eigenvalue weighted by molar-refractivity contribution is 6.83. The summed E-state index contributed by atoms with van der Waals surface area (Å²) in [5, 5.41) is 0. The second kappa shape index (κ2) is 5.14. The van der Waals surface area contributed by atoms with Gasteiger partial charge in [0.05, 0.1) is 8.07 Å². The van der Waals surface area contributed by atoms with Crippen molar-refractivity contribution in [2.24, 2.45) is 23.7 Å². The fourth-order valence-corrected chi connectivity index (χ4v) is 15.8. The largest absolute Gasteiger partial charge is 0.0625 e. The van der Waals surface area contributed by atoms with Crippen LogP contribution in [0.4, 0.5) is 0 Å². The van der Waals surface area contributed by atoms with Gasteiger partial charge in [-0.25, -0.2) is 0 Å². The van der Waals surface area contributed by atoms with Crippen molar-refractivity contribution >= 4 is 8.07 Å². The molecule has 0 aromatic carbocycles. The molecule has 0 aromatic rings. The number of hydrogen-bond acceptors (Lipinski definition) is 0. The third kappa shape index (κ3) is 1.98. The summed E-state index contributed by atoms with van der Waals surface area (Å²) in [6.07, 6.45) is 14.5. The molecule has 2 aliphatic carbocycles. The lowest BCUT2D eigenvalue weighted by molar-refractivity contribution is 0.182. The van der Waals surface area contributed by atoms with Crippen molar-refractivity contribution < 1.29 is 0 Å². The van der Waals surface area contributed by atoms with Crippen LogP contribution in [-0.4, -0.2) is 8.07 Å². The molecule has 2 saturated heterocycles. The Hall–Kier alpha value is 0.217. The minimum absolute atomic E-state index is 0.928. The van der Waals surface area contributed by atoms with Gasteiger partial charge in [-0.05, 0) is 60.4 Å². The van der Waals surface area contributed by atoms with Crippen molar-refractivity contribution in [1.82, 2.24) is 0 Å². The molecule has 0 aromatic heterocycles. The third-order valence-electron chi connectivity index (χ3n) is 8.14. The lowest BCUT2D eigenvalue weighted by Gasteiger charge is -2.46. The van der Waals surface area contributed by atoms with Crippen LogP contribution in [0.3, 0.4) is 0 Å². The van der Waals surface area contributed by atoms with Gasteiger partial charge >= 0.3 is 0 Å². The van der Waals surface area contributed by atoms with Gasteiger partial charge in [-0.1, -0.05) is 58.0 Å². The molecule has 0 amide bonds. The first kappa shape index (κ1) is 13.9. The number of fused-ring (bicyclic) bond motifs is 5. The minimum Gasteiger partial charge on any atom is -0.0625 e. The number of hydrogen-bond donors (Lipinski definition) is 0. The van der Waals surface area contributed by atoms with Crippen molar-refractivity contribution in [2.45, 2.75) is 94.8 Å². The summed E-state index contributed by atoms with van der Waals surface area (Å²) in [7, 11) is -0.928. The Balaban J connectivity index is 1.69. The van der Waals surface area contributed by atoms with E-state index in [1.807, 2.05) is 0 Å². The van der Waals surface area contributed by atoms with Crippen LogP contribution in [0.1, 0.15) is 71.6 Å². The van der Waals surface area contributed by atoms with E-state index in [-0.39, 0.29) is 0 Å². The fourth-order valence-electron chi connectivity index (χ4n) is 7.38. The van der Waals surface area contributed by atoms with E-state index in [1.165, 1.54) is 22.9 Å². The molecule has 4 aliphatic rings. The monoisotopic (exact) mass is 290 g/mol. The van der Waals surface area contributed by atoms with Gasteiger partial charge in [-0.15, -0.1) is 0 Å². The van der Waals surface area contributed by atoms with E-state index in [2.05, 4.69) is 13.8 Å². The highest BCUT2D eigenvalue weighted by Crippen LogP contribution is 2.68. The standard InChI is InChI=1S/C19H34Si/c1-14-6-8-16-17-9-7-15(2)13-19(17)20(18(16)12-14)10-4-3-5-11-20/h14-19H,3-13H2,1-2H3. The molecule has 6 unspecified atom stereocenters. The SMILES string of the molecule is CC1CCC2C3CCC(C)CC3[Si]3(CCCCC3)C2C1. The first-order chi connectivity index (χ1) is 9.71. The fraction of sp³-hybridized carbons (Fsp3) is 1.00. The Morgan fingerprint density at radius 1 is 0.650 bits per heavy atom. The Labute approximate surface area is 127 Å². The zero-order chi connectivity index (χ0) is 13.7. The summed E-state index contributed by atoms with van der Waals surface area (Å²) < 4.78 is 0. The molecule has 114 valence electrons. The van der Waals surface area contributed by atoms with Crippen molar-refractivity contribution in [3.8, 4) is 0 Å². The average Bonchev–Trinajstić information content (AvgIpc) is 2.70. The zero-order valence-electron chi connectivity index (χ0n) is 13.7. The van der Waals surface area contributed by atoms with Crippen molar-refractivity contribution in [2.75, 3.05) is 0 Å². The van der Waals surface area contributed by atoms with Gasteiger partial charge in [0.15, 0.2) is 0 Å². The van der Waals surface area contributed by atoms with E-state index in [0.717, 1.165) is 11.8 Å². The van der Waals surface area contributed by atoms with E-state index in [1.54, 1.807) is 69.9 Å². The summed E-state index contributed by atoms with van der Waals surface area (Å²) in [4.78, 5) is 0. The lowest BCUT2D eigenvalue weighted by atomic mass is 9.70. The maximum absolute atomic E-state index is 2.56. The van der Waals surface area contributed by atoms with Gasteiger partial charge in [0.1, 0.15) is 0 Å². The van der Waals surface area contributed by atoms with Crippen LogP contribution < -0.4 is 0 Å². The van der Waals surface area contributed by atoms with Gasteiger partial charge in [0.2, 0.25) is 0 Å².